The Balaban J connectivity index is 0.000000240. The number of nitrogens with zero attached hydrogens (tertiary/aromatic N) is 6. The first kappa shape index (κ1) is 54.8. The standard InChI is InChI=1S/C26H29F6N3O4.C24H29F3N4O3.H2/c1-23(2)14-35-18(21(36)26(30,31)32)6-7-20(35)24(33-23)8-10-34(11-9-24)22(37)16-4-5-17(19(12-16)38-3)13-39-15-25(27,28)29;1-15(2)34-19-7-5-17(28-16(19)3)22(33)30-11-9-23(10-12-30)20-8-6-18(21(32)24(25,26)27)31(20)14-13-29(23)4;/h4-7,12,33H,8-11,13-15H2,1-3H3;5-8,15H,9-14H2,1-4H3;1H. The number of fused-ring (bicyclic) bond motifs is 4. The largest absolute Gasteiger partial charge is 0.496 e. The Morgan fingerprint density at radius 2 is 1.30 bits per heavy atom. The first-order chi connectivity index (χ1) is 34.0. The second kappa shape index (κ2) is 20.4. The number of pyridine rings is 1. The molecule has 2 spiro atoms. The van der Waals surface area contributed by atoms with E-state index in [4.69, 9.17) is 14.2 Å². The van der Waals surface area contributed by atoms with Crippen molar-refractivity contribution < 1.29 is 74.3 Å². The summed E-state index contributed by atoms with van der Waals surface area (Å²) in [5.41, 5.74) is 0.274. The number of hydrogen-bond donors (Lipinski definition) is 1. The molecular formula is C50H60F9N7O7. The Kier molecular flexibility index (Phi) is 15.3. The second-order valence-corrected chi connectivity index (χ2v) is 19.8. The summed E-state index contributed by atoms with van der Waals surface area (Å²) >= 11 is 0. The summed E-state index contributed by atoms with van der Waals surface area (Å²) in [4.78, 5) is 60.3. The summed E-state index contributed by atoms with van der Waals surface area (Å²) < 4.78 is 135. The van der Waals surface area contributed by atoms with Crippen LogP contribution in [-0.2, 0) is 35.5 Å². The number of aromatic nitrogens is 3. The van der Waals surface area contributed by atoms with E-state index < -0.39 is 59.0 Å². The summed E-state index contributed by atoms with van der Waals surface area (Å²) in [6, 6.07) is 13.5. The van der Waals surface area contributed by atoms with Gasteiger partial charge in [0.1, 0.15) is 23.8 Å². The molecule has 0 unspecified atom stereocenters. The molecule has 0 aliphatic carbocycles. The zero-order chi connectivity index (χ0) is 53.6. The number of hydrogen-bond acceptors (Lipinski definition) is 10. The Hall–Kier alpha value is -5.94. The number of ketones is 2. The number of likely N-dealkylation sites (tertiary alicyclic amines) is 2. The number of amides is 2. The first-order valence-electron chi connectivity index (χ1n) is 23.7. The van der Waals surface area contributed by atoms with Gasteiger partial charge < -0.3 is 33.1 Å². The Morgan fingerprint density at radius 3 is 1.86 bits per heavy atom. The number of aryl methyl sites for hydroxylation is 1. The van der Waals surface area contributed by atoms with E-state index in [1.54, 1.807) is 41.0 Å². The molecule has 4 aliphatic rings. The fraction of sp³-hybridized carbons (Fsp3) is 0.540. The molecule has 4 aromatic rings. The van der Waals surface area contributed by atoms with Crippen molar-refractivity contribution in [2.75, 3.05) is 53.5 Å². The van der Waals surface area contributed by atoms with Crippen molar-refractivity contribution in [2.45, 2.75) is 121 Å². The average Bonchev–Trinajstić information content (AvgIpc) is 3.95. The molecule has 3 aromatic heterocycles. The molecule has 0 atom stereocenters. The highest BCUT2D eigenvalue weighted by Crippen LogP contribution is 2.44. The molecule has 4 aliphatic heterocycles. The molecule has 0 saturated carbocycles. The third-order valence-electron chi connectivity index (χ3n) is 13.9. The van der Waals surface area contributed by atoms with E-state index in [1.807, 2.05) is 34.7 Å². The van der Waals surface area contributed by atoms with E-state index in [9.17, 15) is 58.7 Å². The van der Waals surface area contributed by atoms with Crippen molar-refractivity contribution in [3.8, 4) is 11.5 Å². The van der Waals surface area contributed by atoms with Gasteiger partial charge in [0.05, 0.1) is 48.0 Å². The van der Waals surface area contributed by atoms with E-state index in [1.165, 1.54) is 46.6 Å². The van der Waals surface area contributed by atoms with Crippen LogP contribution >= 0.6 is 0 Å². The highest BCUT2D eigenvalue weighted by molar-refractivity contribution is 6.00. The molecule has 0 radical (unpaired) electrons. The van der Waals surface area contributed by atoms with Gasteiger partial charge in [-0.25, -0.2) is 4.98 Å². The molecule has 23 heteroatoms. The quantitative estimate of drug-likeness (QED) is 0.121. The van der Waals surface area contributed by atoms with Crippen LogP contribution in [0.25, 0.3) is 0 Å². The fourth-order valence-electron chi connectivity index (χ4n) is 10.5. The number of piperidine rings is 2. The van der Waals surface area contributed by atoms with Crippen LogP contribution in [-0.4, -0.2) is 136 Å². The normalized spacial score (nSPS) is 18.5. The lowest BCUT2D eigenvalue weighted by molar-refractivity contribution is -0.176. The number of Topliss-reactive ketones (excluding diaryl/α,β-unsaturated/α-hetero) is 2. The van der Waals surface area contributed by atoms with Crippen LogP contribution in [0.2, 0.25) is 0 Å². The lowest BCUT2D eigenvalue weighted by Gasteiger charge is -2.51. The minimum absolute atomic E-state index is 0. The lowest BCUT2D eigenvalue weighted by atomic mass is 9.79. The molecule has 2 saturated heterocycles. The number of alkyl halides is 9. The Labute approximate surface area is 417 Å². The predicted octanol–water partition coefficient (Wildman–Crippen LogP) is 8.88. The van der Waals surface area contributed by atoms with Gasteiger partial charge in [-0.3, -0.25) is 29.4 Å². The van der Waals surface area contributed by atoms with E-state index in [2.05, 4.69) is 15.2 Å². The van der Waals surface area contributed by atoms with Crippen LogP contribution < -0.4 is 14.8 Å². The maximum Gasteiger partial charge on any atom is 0.456 e. The molecule has 7 heterocycles. The topological polar surface area (TPSA) is 140 Å². The van der Waals surface area contributed by atoms with Gasteiger partial charge in [0.15, 0.2) is 0 Å². The maximum absolute atomic E-state index is 13.3. The summed E-state index contributed by atoms with van der Waals surface area (Å²) in [6.07, 6.45) is -12.5. The number of methoxy groups -OCH3 is 1. The van der Waals surface area contributed by atoms with Crippen LogP contribution in [0.15, 0.2) is 54.6 Å². The Morgan fingerprint density at radius 1 is 0.726 bits per heavy atom. The second-order valence-electron chi connectivity index (χ2n) is 19.8. The zero-order valence-corrected chi connectivity index (χ0v) is 41.4. The van der Waals surface area contributed by atoms with Crippen LogP contribution in [0, 0.1) is 6.92 Å². The van der Waals surface area contributed by atoms with Crippen molar-refractivity contribution in [3.05, 3.63) is 99.9 Å². The smallest absolute Gasteiger partial charge is 0.456 e. The number of carbonyl (C=O) groups excluding carboxylic acids is 4. The van der Waals surface area contributed by atoms with Gasteiger partial charge in [-0.05, 0) is 116 Å². The molecule has 400 valence electrons. The van der Waals surface area contributed by atoms with Crippen molar-refractivity contribution in [1.82, 2.24) is 34.1 Å². The summed E-state index contributed by atoms with van der Waals surface area (Å²) in [5, 5.41) is 3.55. The molecule has 2 amide bonds. The van der Waals surface area contributed by atoms with E-state index in [0.717, 1.165) is 0 Å². The fourth-order valence-corrected chi connectivity index (χ4v) is 10.5. The first-order valence-corrected chi connectivity index (χ1v) is 23.7. The van der Waals surface area contributed by atoms with Crippen LogP contribution in [0.5, 0.6) is 11.5 Å². The van der Waals surface area contributed by atoms with Gasteiger partial charge in [0, 0.05) is 75.3 Å². The monoisotopic (exact) mass is 1040 g/mol. The number of likely N-dealkylation sites (N-methyl/N-ethyl adjacent to an activating group) is 1. The van der Waals surface area contributed by atoms with Crippen molar-refractivity contribution in [2.24, 2.45) is 0 Å². The van der Waals surface area contributed by atoms with Crippen molar-refractivity contribution in [1.29, 1.82) is 0 Å². The third-order valence-corrected chi connectivity index (χ3v) is 13.9. The SMILES string of the molecule is COc1cc(C(=O)N2CCC3(CC2)NC(C)(C)Cn2c(C(=O)C(F)(F)F)ccc23)ccc1COCC(F)(F)F.Cc1nc(C(=O)N2CCC3(CC2)c2ccc(C(=O)C(F)(F)F)n2CCN3C)ccc1OC(C)C.[HH]. The van der Waals surface area contributed by atoms with Gasteiger partial charge in [0.25, 0.3) is 23.4 Å². The highest BCUT2D eigenvalue weighted by Gasteiger charge is 2.51. The molecule has 1 N–H and O–H groups in total. The van der Waals surface area contributed by atoms with Gasteiger partial charge in [0.2, 0.25) is 0 Å². The third kappa shape index (κ3) is 11.6. The molecular weight excluding hydrogens is 982 g/mol. The summed E-state index contributed by atoms with van der Waals surface area (Å²) in [6.45, 7) is 10.0. The number of benzene rings is 1. The molecule has 1 aromatic carbocycles. The van der Waals surface area contributed by atoms with Crippen LogP contribution in [0.3, 0.4) is 0 Å². The molecule has 14 nitrogen and oxygen atoms in total. The van der Waals surface area contributed by atoms with E-state index >= 15 is 0 Å². The summed E-state index contributed by atoms with van der Waals surface area (Å²) in [7, 11) is 3.28. The summed E-state index contributed by atoms with van der Waals surface area (Å²) in [5.74, 6) is -3.36. The Bertz CT molecular complexity index is 2720. The predicted molar refractivity (Wildman–Crippen MR) is 249 cm³/mol. The molecule has 2 fully saturated rings. The van der Waals surface area contributed by atoms with Gasteiger partial charge in [-0.2, -0.15) is 39.5 Å². The minimum atomic E-state index is -4.99. The van der Waals surface area contributed by atoms with Gasteiger partial charge >= 0.3 is 18.5 Å². The van der Waals surface area contributed by atoms with E-state index in [-0.39, 0.29) is 62.6 Å². The average molecular weight is 1040 g/mol. The number of halogens is 9. The van der Waals surface area contributed by atoms with Gasteiger partial charge in [-0.15, -0.1) is 0 Å². The number of rotatable bonds is 10. The van der Waals surface area contributed by atoms with Crippen molar-refractivity contribution in [3.63, 3.8) is 0 Å². The maximum atomic E-state index is 13.3. The lowest BCUT2D eigenvalue weighted by Crippen LogP contribution is -2.63. The number of nitrogens with one attached hydrogen (secondary N) is 1. The van der Waals surface area contributed by atoms with Crippen LogP contribution in [0.1, 0.15) is 119 Å². The highest BCUT2D eigenvalue weighted by atomic mass is 19.4. The molecule has 8 rings (SSSR count). The molecule has 0 bridgehead atoms. The number of carbonyl (C=O) groups is 4. The van der Waals surface area contributed by atoms with Crippen molar-refractivity contribution >= 4 is 23.4 Å². The molecule has 73 heavy (non-hydrogen) atoms. The van der Waals surface area contributed by atoms with Crippen LogP contribution in [0.4, 0.5) is 39.5 Å². The van der Waals surface area contributed by atoms with Gasteiger partial charge in [-0.1, -0.05) is 6.07 Å². The van der Waals surface area contributed by atoms with E-state index in [0.29, 0.717) is 86.0 Å². The number of ether oxygens (including phenoxy) is 3. The minimum Gasteiger partial charge on any atom is -0.496 e. The zero-order valence-electron chi connectivity index (χ0n) is 41.4.